The molecule has 0 saturated carbocycles. The third kappa shape index (κ3) is 9.25. The van der Waals surface area contributed by atoms with Gasteiger partial charge in [0.25, 0.3) is 11.8 Å². The molecule has 0 spiro atoms. The lowest BCUT2D eigenvalue weighted by molar-refractivity contribution is -0.153. The number of amidine groups is 1. The van der Waals surface area contributed by atoms with Crippen LogP contribution in [0, 0.1) is 5.82 Å². The summed E-state index contributed by atoms with van der Waals surface area (Å²) in [5.74, 6) is -3.19. The van der Waals surface area contributed by atoms with Crippen molar-refractivity contribution in [1.29, 1.82) is 0 Å². The maximum atomic E-state index is 15.3. The van der Waals surface area contributed by atoms with E-state index in [-0.39, 0.29) is 53.2 Å². The van der Waals surface area contributed by atoms with Crippen molar-refractivity contribution in [1.82, 2.24) is 20.1 Å². The van der Waals surface area contributed by atoms with Gasteiger partial charge >= 0.3 is 17.9 Å². The van der Waals surface area contributed by atoms with Crippen molar-refractivity contribution >= 4 is 75.7 Å². The van der Waals surface area contributed by atoms with Crippen molar-refractivity contribution < 1.29 is 47.3 Å². The number of aromatic nitrogens is 1. The number of hydrogen-bond donors (Lipinski definition) is 3. The first-order valence-corrected chi connectivity index (χ1v) is 21.3. The van der Waals surface area contributed by atoms with Crippen LogP contribution in [0.4, 0.5) is 10.1 Å². The summed E-state index contributed by atoms with van der Waals surface area (Å²) >= 11 is 2.68. The molecule has 3 atom stereocenters. The van der Waals surface area contributed by atoms with E-state index in [1.54, 1.807) is 26.4 Å². The Labute approximate surface area is 353 Å². The van der Waals surface area contributed by atoms with Gasteiger partial charge in [0.2, 0.25) is 5.43 Å². The summed E-state index contributed by atoms with van der Waals surface area (Å²) in [6.07, 6.45) is 3.34. The van der Waals surface area contributed by atoms with E-state index in [9.17, 15) is 28.8 Å². The molecular formula is C40H48FN7O10S2. The predicted octanol–water partition coefficient (Wildman–Crippen LogP) is 2.73. The number of halogens is 1. The summed E-state index contributed by atoms with van der Waals surface area (Å²) in [4.78, 5) is 85.3. The number of anilines is 1. The van der Waals surface area contributed by atoms with Crippen molar-refractivity contribution in [2.75, 3.05) is 70.9 Å². The number of nitrogens with two attached hydrogens (primary N) is 1. The number of methoxy groups -OCH3 is 1. The molecule has 2 saturated heterocycles. The van der Waals surface area contributed by atoms with E-state index in [0.29, 0.717) is 72.1 Å². The number of piperazine rings is 1. The number of aliphatic imine (C=N–C) groups is 1. The summed E-state index contributed by atoms with van der Waals surface area (Å²) in [5.41, 5.74) is 6.75. The Morgan fingerprint density at radius 1 is 1.05 bits per heavy atom. The molecule has 60 heavy (non-hydrogen) atoms. The molecule has 20 heteroatoms. The number of ether oxygens (including phenoxy) is 4. The fourth-order valence-corrected chi connectivity index (χ4v) is 9.65. The zero-order valence-electron chi connectivity index (χ0n) is 33.8. The van der Waals surface area contributed by atoms with Gasteiger partial charge in [-0.25, -0.2) is 19.0 Å². The standard InChI is InChI=1S/C38H42FN7O9S2.C2H6O/c1-19(25-7-8-28(40)42-25)33(49)43-30-34(50)46-31(22(17-55-21(3)47)18-56-36(30)46)38(52)54-14-6-4-5-13-53-37(51)29-32(48)23-15-24(39)27(44-11-9-41-10-12-44)16-26(23)45-20(2)57-35(29)45;1-3-2/h7,15-16,20,30,36,41H,1,4-6,8-14,17-18H2,2-3H3,(H2,40,42)(H,43,49);1-2H3/t20?,30-,36?;/m1./s1. The summed E-state index contributed by atoms with van der Waals surface area (Å²) in [6.45, 7) is 9.43. The first-order chi connectivity index (χ1) is 28.8. The van der Waals surface area contributed by atoms with Crippen molar-refractivity contribution in [3.05, 3.63) is 68.9 Å². The van der Waals surface area contributed by atoms with Crippen LogP contribution in [0.1, 0.15) is 55.3 Å². The van der Waals surface area contributed by atoms with Crippen molar-refractivity contribution in [3.63, 3.8) is 0 Å². The number of rotatable bonds is 14. The second kappa shape index (κ2) is 19.5. The molecule has 0 bridgehead atoms. The molecule has 5 aliphatic rings. The van der Waals surface area contributed by atoms with Gasteiger partial charge < -0.3 is 44.8 Å². The van der Waals surface area contributed by atoms with Gasteiger partial charge in [-0.1, -0.05) is 24.4 Å². The number of fused-ring (bicyclic) bond motifs is 4. The molecule has 1 aromatic carbocycles. The van der Waals surface area contributed by atoms with E-state index in [2.05, 4.69) is 26.9 Å². The molecule has 2 unspecified atom stereocenters. The minimum absolute atomic E-state index is 0.00433. The number of nitrogens with zero attached hydrogens (tertiary/aromatic N) is 4. The molecule has 4 N–H and O–H groups in total. The van der Waals surface area contributed by atoms with Crippen LogP contribution in [0.25, 0.3) is 10.9 Å². The Morgan fingerprint density at radius 2 is 1.73 bits per heavy atom. The highest BCUT2D eigenvalue weighted by molar-refractivity contribution is 8.00. The minimum Gasteiger partial charge on any atom is -0.462 e. The normalized spacial score (nSPS) is 20.4. The Balaban J connectivity index is 0.00000195. The lowest BCUT2D eigenvalue weighted by Gasteiger charge is -2.49. The first-order valence-electron chi connectivity index (χ1n) is 19.4. The Kier molecular flexibility index (Phi) is 14.4. The molecule has 322 valence electrons. The first kappa shape index (κ1) is 44.4. The number of thioether (sulfide) groups is 2. The van der Waals surface area contributed by atoms with Gasteiger partial charge in [0, 0.05) is 70.5 Å². The van der Waals surface area contributed by atoms with Crippen molar-refractivity contribution in [3.8, 4) is 0 Å². The lowest BCUT2D eigenvalue weighted by Crippen LogP contribution is -2.70. The summed E-state index contributed by atoms with van der Waals surface area (Å²) < 4.78 is 37.6. The second-order valence-electron chi connectivity index (χ2n) is 14.4. The maximum absolute atomic E-state index is 15.3. The number of β-lactam (4-membered cyclic amide) rings is 1. The maximum Gasteiger partial charge on any atom is 0.355 e. The molecular weight excluding hydrogens is 822 g/mol. The number of carbonyl (C=O) groups excluding carboxylic acids is 5. The Morgan fingerprint density at radius 3 is 2.37 bits per heavy atom. The second-order valence-corrected chi connectivity index (χ2v) is 16.8. The highest BCUT2D eigenvalue weighted by Crippen LogP contribution is 2.47. The molecule has 17 nitrogen and oxygen atoms in total. The molecule has 2 fully saturated rings. The molecule has 0 aliphatic carbocycles. The number of unbranched alkanes of at least 4 members (excludes halogenated alkanes) is 2. The average molecular weight is 870 g/mol. The number of esters is 3. The minimum atomic E-state index is -0.940. The van der Waals surface area contributed by atoms with Crippen LogP contribution in [-0.2, 0) is 38.1 Å². The smallest absolute Gasteiger partial charge is 0.355 e. The Hall–Kier alpha value is -5.18. The summed E-state index contributed by atoms with van der Waals surface area (Å²) in [5, 5.41) is 5.86. The fourth-order valence-electron chi connectivity index (χ4n) is 7.17. The number of nitrogens with one attached hydrogen (secondary N) is 2. The van der Waals surface area contributed by atoms with Crippen LogP contribution in [0.3, 0.4) is 0 Å². The van der Waals surface area contributed by atoms with Crippen LogP contribution >= 0.6 is 23.5 Å². The Bertz CT molecular complexity index is 2250. The highest BCUT2D eigenvalue weighted by Gasteiger charge is 2.54. The van der Waals surface area contributed by atoms with Crippen LogP contribution in [0.15, 0.2) is 62.1 Å². The third-order valence-corrected chi connectivity index (χ3v) is 12.6. The largest absolute Gasteiger partial charge is 0.462 e. The number of hydrogen-bond acceptors (Lipinski definition) is 16. The number of amides is 2. The predicted molar refractivity (Wildman–Crippen MR) is 224 cm³/mol. The summed E-state index contributed by atoms with van der Waals surface area (Å²) in [6, 6.07) is 1.97. The van der Waals surface area contributed by atoms with Gasteiger partial charge in [-0.15, -0.1) is 11.8 Å². The molecule has 1 aromatic heterocycles. The summed E-state index contributed by atoms with van der Waals surface area (Å²) in [7, 11) is 3.25. The van der Waals surface area contributed by atoms with Crippen LogP contribution < -0.4 is 26.7 Å². The molecule has 6 heterocycles. The van der Waals surface area contributed by atoms with E-state index in [1.807, 2.05) is 16.4 Å². The van der Waals surface area contributed by atoms with Crippen LogP contribution in [-0.4, -0.2) is 122 Å². The van der Waals surface area contributed by atoms with Gasteiger partial charge in [-0.3, -0.25) is 24.1 Å². The van der Waals surface area contributed by atoms with E-state index >= 15 is 4.39 Å². The van der Waals surface area contributed by atoms with Crippen LogP contribution in [0.5, 0.6) is 0 Å². The molecule has 2 aromatic rings. The van der Waals surface area contributed by atoms with Gasteiger partial charge in [0.1, 0.15) is 40.9 Å². The SMILES string of the molecule is C=C(C(=O)N[C@@H]1C(=O)N2C(C(=O)OCCCCCOC(=O)c3c4n(c5cc(N6CCNCC6)c(F)cc5c3=O)C(C)S4)=C(COC(C)=O)CSC12)C1=CCC(N)=N1.COC. The van der Waals surface area contributed by atoms with Gasteiger partial charge in [0.05, 0.1) is 46.1 Å². The zero-order valence-corrected chi connectivity index (χ0v) is 35.4. The zero-order chi connectivity index (χ0) is 43.2. The highest BCUT2D eigenvalue weighted by atomic mass is 32.2. The van der Waals surface area contributed by atoms with E-state index in [4.69, 9.17) is 19.9 Å². The van der Waals surface area contributed by atoms with Gasteiger partial charge in [-0.2, -0.15) is 0 Å². The number of pyridine rings is 1. The number of benzene rings is 1. The molecule has 5 aliphatic heterocycles. The molecule has 2 amide bonds. The molecule has 7 rings (SSSR count). The van der Waals surface area contributed by atoms with Crippen molar-refractivity contribution in [2.24, 2.45) is 10.7 Å². The average Bonchev–Trinajstić information content (AvgIpc) is 3.67. The van der Waals surface area contributed by atoms with E-state index in [0.717, 1.165) is 13.1 Å². The van der Waals surface area contributed by atoms with Gasteiger partial charge in [0.15, 0.2) is 0 Å². The van der Waals surface area contributed by atoms with E-state index in [1.165, 1.54) is 41.4 Å². The monoisotopic (exact) mass is 869 g/mol. The fraction of sp³-hybridized carbons (Fsp3) is 0.475. The van der Waals surface area contributed by atoms with E-state index < -0.39 is 52.4 Å². The van der Waals surface area contributed by atoms with Crippen molar-refractivity contribution in [2.45, 2.75) is 61.3 Å². The number of carbonyl (C=O) groups is 5. The topological polar surface area (TPSA) is 213 Å². The molecule has 0 radical (unpaired) electrons. The van der Waals surface area contributed by atoms with Gasteiger partial charge in [-0.05, 0) is 38.3 Å². The quantitative estimate of drug-likeness (QED) is 0.0819. The van der Waals surface area contributed by atoms with Crippen LogP contribution in [0.2, 0.25) is 0 Å². The lowest BCUT2D eigenvalue weighted by atomic mass is 10.0. The third-order valence-electron chi connectivity index (χ3n) is 10.1.